The van der Waals surface area contributed by atoms with Crippen molar-refractivity contribution in [2.24, 2.45) is 0 Å². The molecule has 0 N–H and O–H groups in total. The molecule has 6 heteroatoms. The van der Waals surface area contributed by atoms with Crippen LogP contribution in [0, 0.1) is 13.8 Å². The van der Waals surface area contributed by atoms with Crippen LogP contribution in [0.2, 0.25) is 0 Å². The average Bonchev–Trinajstić information content (AvgIpc) is 3.28. The Hall–Kier alpha value is -2.89. The van der Waals surface area contributed by atoms with Crippen LogP contribution in [0.1, 0.15) is 29.7 Å². The number of aromatic nitrogens is 2. The molecule has 4 rings (SSSR count). The van der Waals surface area contributed by atoms with Gasteiger partial charge in [-0.2, -0.15) is 4.98 Å². The van der Waals surface area contributed by atoms with Crippen LogP contribution in [0.3, 0.4) is 0 Å². The predicted molar refractivity (Wildman–Crippen MR) is 117 cm³/mol. The molecule has 29 heavy (non-hydrogen) atoms. The summed E-state index contributed by atoms with van der Waals surface area (Å²) >= 11 is 0. The first-order chi connectivity index (χ1) is 14.1. The largest absolute Gasteiger partial charge is 0.356 e. The maximum absolute atomic E-state index is 12.6. The van der Waals surface area contributed by atoms with E-state index in [0.29, 0.717) is 13.1 Å². The number of anilines is 2. The Labute approximate surface area is 172 Å². The first kappa shape index (κ1) is 19.4. The number of aryl methyl sites for hydroxylation is 2. The van der Waals surface area contributed by atoms with Crippen molar-refractivity contribution in [1.29, 1.82) is 0 Å². The van der Waals surface area contributed by atoms with Crippen molar-refractivity contribution in [3.8, 4) is 0 Å². The molecule has 2 aliphatic heterocycles. The van der Waals surface area contributed by atoms with E-state index in [1.54, 1.807) is 6.08 Å². The molecule has 0 atom stereocenters. The van der Waals surface area contributed by atoms with Gasteiger partial charge in [-0.15, -0.1) is 0 Å². The molecule has 1 amide bonds. The molecule has 1 aromatic heterocycles. The summed E-state index contributed by atoms with van der Waals surface area (Å²) in [5.41, 5.74) is 3.26. The highest BCUT2D eigenvalue weighted by Crippen LogP contribution is 2.22. The van der Waals surface area contributed by atoms with Crippen LogP contribution < -0.4 is 9.80 Å². The normalized spacial score (nSPS) is 17.4. The Morgan fingerprint density at radius 3 is 2.38 bits per heavy atom. The number of piperazine rings is 1. The zero-order valence-corrected chi connectivity index (χ0v) is 17.3. The molecule has 1 aromatic carbocycles. The van der Waals surface area contributed by atoms with Gasteiger partial charge in [0.2, 0.25) is 11.9 Å². The average molecular weight is 392 g/mol. The molecule has 0 radical (unpaired) electrons. The fourth-order valence-electron chi connectivity index (χ4n) is 3.95. The topological polar surface area (TPSA) is 52.6 Å². The van der Waals surface area contributed by atoms with Gasteiger partial charge in [-0.25, -0.2) is 4.98 Å². The van der Waals surface area contributed by atoms with Gasteiger partial charge in [0.25, 0.3) is 0 Å². The van der Waals surface area contributed by atoms with Crippen molar-refractivity contribution < 1.29 is 4.79 Å². The Morgan fingerprint density at radius 2 is 1.66 bits per heavy atom. The Bertz CT molecular complexity index is 896. The first-order valence-corrected chi connectivity index (χ1v) is 10.5. The molecular formula is C23H29N5O. The third-order valence-corrected chi connectivity index (χ3v) is 5.73. The Kier molecular flexibility index (Phi) is 5.79. The van der Waals surface area contributed by atoms with Crippen molar-refractivity contribution in [3.05, 3.63) is 53.2 Å². The molecule has 6 nitrogen and oxygen atoms in total. The van der Waals surface area contributed by atoms with E-state index in [9.17, 15) is 4.79 Å². The van der Waals surface area contributed by atoms with Gasteiger partial charge in [0.05, 0.1) is 0 Å². The number of amides is 1. The number of carbonyl (C=O) groups excluding carboxylic acids is 1. The summed E-state index contributed by atoms with van der Waals surface area (Å²) in [4.78, 5) is 28.5. The van der Waals surface area contributed by atoms with Crippen molar-refractivity contribution in [2.45, 2.75) is 26.7 Å². The Morgan fingerprint density at radius 1 is 0.931 bits per heavy atom. The lowest BCUT2D eigenvalue weighted by molar-refractivity contribution is -0.126. The summed E-state index contributed by atoms with van der Waals surface area (Å²) in [5.74, 6) is 1.88. The van der Waals surface area contributed by atoms with Gasteiger partial charge >= 0.3 is 0 Å². The third-order valence-electron chi connectivity index (χ3n) is 5.73. The van der Waals surface area contributed by atoms with Crippen LogP contribution in [0.25, 0.3) is 6.08 Å². The molecule has 0 spiro atoms. The van der Waals surface area contributed by atoms with Crippen molar-refractivity contribution >= 4 is 23.7 Å². The molecule has 0 unspecified atom stereocenters. The maximum atomic E-state index is 12.6. The summed E-state index contributed by atoms with van der Waals surface area (Å²) in [5, 5.41) is 0. The van der Waals surface area contributed by atoms with Gasteiger partial charge in [0.15, 0.2) is 0 Å². The standard InChI is InChI=1S/C23H29N5O/c1-18-7-3-4-8-20(18)9-10-22(29)27-13-15-28(16-14-27)23-24-19(2)17-21(25-23)26-11-5-6-12-26/h3-4,7-10,17H,5-6,11-16H2,1-2H3/b10-9+. The first-order valence-electron chi connectivity index (χ1n) is 10.5. The fraction of sp³-hybridized carbons (Fsp3) is 0.435. The Balaban J connectivity index is 1.38. The number of benzene rings is 1. The smallest absolute Gasteiger partial charge is 0.246 e. The minimum Gasteiger partial charge on any atom is -0.356 e. The van der Waals surface area contributed by atoms with Crippen LogP contribution >= 0.6 is 0 Å². The summed E-state index contributed by atoms with van der Waals surface area (Å²) in [6.45, 7) is 9.12. The molecule has 0 bridgehead atoms. The van der Waals surface area contributed by atoms with E-state index in [2.05, 4.69) is 33.8 Å². The molecule has 2 aromatic rings. The quantitative estimate of drug-likeness (QED) is 0.750. The highest BCUT2D eigenvalue weighted by Gasteiger charge is 2.23. The lowest BCUT2D eigenvalue weighted by Crippen LogP contribution is -2.49. The van der Waals surface area contributed by atoms with Crippen LogP contribution in [-0.2, 0) is 4.79 Å². The maximum Gasteiger partial charge on any atom is 0.246 e. The van der Waals surface area contributed by atoms with Gasteiger partial charge in [0, 0.05) is 57.1 Å². The minimum atomic E-state index is 0.0656. The summed E-state index contributed by atoms with van der Waals surface area (Å²) < 4.78 is 0. The molecule has 2 fully saturated rings. The molecular weight excluding hydrogens is 362 g/mol. The van der Waals surface area contributed by atoms with Gasteiger partial charge in [-0.3, -0.25) is 4.79 Å². The lowest BCUT2D eigenvalue weighted by Gasteiger charge is -2.34. The highest BCUT2D eigenvalue weighted by molar-refractivity contribution is 5.92. The zero-order chi connectivity index (χ0) is 20.2. The second-order valence-electron chi connectivity index (χ2n) is 7.86. The molecule has 3 heterocycles. The van der Waals surface area contributed by atoms with E-state index in [0.717, 1.165) is 49.2 Å². The van der Waals surface area contributed by atoms with Crippen LogP contribution in [0.4, 0.5) is 11.8 Å². The zero-order valence-electron chi connectivity index (χ0n) is 17.3. The number of carbonyl (C=O) groups is 1. The predicted octanol–water partition coefficient (Wildman–Crippen LogP) is 3.06. The van der Waals surface area contributed by atoms with Gasteiger partial charge in [-0.05, 0) is 43.9 Å². The second kappa shape index (κ2) is 8.64. The van der Waals surface area contributed by atoms with E-state index in [1.807, 2.05) is 36.1 Å². The number of rotatable bonds is 4. The molecule has 0 saturated carbocycles. The minimum absolute atomic E-state index is 0.0656. The van der Waals surface area contributed by atoms with E-state index in [4.69, 9.17) is 4.98 Å². The van der Waals surface area contributed by atoms with E-state index >= 15 is 0 Å². The van der Waals surface area contributed by atoms with E-state index < -0.39 is 0 Å². The molecule has 2 saturated heterocycles. The third kappa shape index (κ3) is 4.58. The van der Waals surface area contributed by atoms with Crippen LogP contribution in [0.5, 0.6) is 0 Å². The van der Waals surface area contributed by atoms with E-state index in [-0.39, 0.29) is 5.91 Å². The number of nitrogens with zero attached hydrogens (tertiary/aromatic N) is 5. The van der Waals surface area contributed by atoms with Crippen molar-refractivity contribution in [1.82, 2.24) is 14.9 Å². The SMILES string of the molecule is Cc1cc(N2CCCC2)nc(N2CCN(C(=O)/C=C/c3ccccc3C)CC2)n1. The van der Waals surface area contributed by atoms with Gasteiger partial charge in [0.1, 0.15) is 5.82 Å². The summed E-state index contributed by atoms with van der Waals surface area (Å²) in [6.07, 6.45) is 6.06. The summed E-state index contributed by atoms with van der Waals surface area (Å²) in [7, 11) is 0. The molecule has 152 valence electrons. The summed E-state index contributed by atoms with van der Waals surface area (Å²) in [6, 6.07) is 10.2. The highest BCUT2D eigenvalue weighted by atomic mass is 16.2. The fourth-order valence-corrected chi connectivity index (χ4v) is 3.95. The van der Waals surface area contributed by atoms with Crippen LogP contribution in [0.15, 0.2) is 36.4 Å². The van der Waals surface area contributed by atoms with Gasteiger partial charge < -0.3 is 14.7 Å². The second-order valence-corrected chi connectivity index (χ2v) is 7.86. The lowest BCUT2D eigenvalue weighted by atomic mass is 10.1. The molecule has 0 aliphatic carbocycles. The van der Waals surface area contributed by atoms with Crippen LogP contribution in [-0.4, -0.2) is 60.0 Å². The number of hydrogen-bond donors (Lipinski definition) is 0. The van der Waals surface area contributed by atoms with E-state index in [1.165, 1.54) is 18.4 Å². The van der Waals surface area contributed by atoms with Gasteiger partial charge in [-0.1, -0.05) is 24.3 Å². The monoisotopic (exact) mass is 391 g/mol. The molecule has 2 aliphatic rings. The van der Waals surface area contributed by atoms with Crippen molar-refractivity contribution in [2.75, 3.05) is 49.1 Å². The number of hydrogen-bond acceptors (Lipinski definition) is 5. The van der Waals surface area contributed by atoms with Crippen molar-refractivity contribution in [3.63, 3.8) is 0 Å².